The van der Waals surface area contributed by atoms with E-state index in [0.717, 1.165) is 18.6 Å². The zero-order chi connectivity index (χ0) is 12.8. The lowest BCUT2D eigenvalue weighted by molar-refractivity contribution is 0.403. The van der Waals surface area contributed by atoms with E-state index in [9.17, 15) is 0 Å². The fourth-order valence-corrected chi connectivity index (χ4v) is 2.09. The second kappa shape index (κ2) is 6.35. The molecule has 0 heterocycles. The van der Waals surface area contributed by atoms with E-state index in [0.29, 0.717) is 5.92 Å². The molecule has 0 N–H and O–H groups in total. The standard InChI is InChI=1S/C16H22O/c1-6-7-8-9-13(3)15-11-12(2)10-14(4)16(15)17-5/h10-11,13H,6,9H2,1-5H3. The third-order valence-corrected chi connectivity index (χ3v) is 2.89. The number of benzene rings is 1. The van der Waals surface area contributed by atoms with Gasteiger partial charge in [0.15, 0.2) is 0 Å². The summed E-state index contributed by atoms with van der Waals surface area (Å²) in [6, 6.07) is 4.37. The minimum atomic E-state index is 0.419. The van der Waals surface area contributed by atoms with Crippen LogP contribution in [-0.4, -0.2) is 7.11 Å². The molecule has 1 aromatic carbocycles. The maximum Gasteiger partial charge on any atom is 0.125 e. The van der Waals surface area contributed by atoms with Crippen molar-refractivity contribution in [3.8, 4) is 17.6 Å². The number of methoxy groups -OCH3 is 1. The first-order chi connectivity index (χ1) is 8.10. The molecule has 1 rings (SSSR count). The lowest BCUT2D eigenvalue weighted by Crippen LogP contribution is -2.00. The Morgan fingerprint density at radius 3 is 2.53 bits per heavy atom. The van der Waals surface area contributed by atoms with Gasteiger partial charge in [-0.3, -0.25) is 0 Å². The first kappa shape index (κ1) is 13.6. The second-order valence-electron chi connectivity index (χ2n) is 4.52. The number of ether oxygens (including phenoxy) is 1. The molecule has 0 aliphatic heterocycles. The molecule has 0 spiro atoms. The summed E-state index contributed by atoms with van der Waals surface area (Å²) < 4.78 is 5.51. The van der Waals surface area contributed by atoms with Crippen molar-refractivity contribution in [1.82, 2.24) is 0 Å². The van der Waals surface area contributed by atoms with Crippen LogP contribution in [0.3, 0.4) is 0 Å². The Morgan fingerprint density at radius 1 is 1.24 bits per heavy atom. The fourth-order valence-electron chi connectivity index (χ4n) is 2.09. The molecule has 0 saturated carbocycles. The molecule has 1 aromatic rings. The quantitative estimate of drug-likeness (QED) is 0.706. The third kappa shape index (κ3) is 3.53. The highest BCUT2D eigenvalue weighted by Crippen LogP contribution is 2.32. The van der Waals surface area contributed by atoms with Crippen LogP contribution in [0.1, 0.15) is 49.3 Å². The Hall–Kier alpha value is -1.42. The van der Waals surface area contributed by atoms with Gasteiger partial charge in [0.05, 0.1) is 7.11 Å². The van der Waals surface area contributed by atoms with Crippen LogP contribution in [0.2, 0.25) is 0 Å². The molecule has 0 radical (unpaired) electrons. The van der Waals surface area contributed by atoms with Crippen LogP contribution in [-0.2, 0) is 0 Å². The smallest absolute Gasteiger partial charge is 0.125 e. The molecule has 1 unspecified atom stereocenters. The molecular weight excluding hydrogens is 208 g/mol. The van der Waals surface area contributed by atoms with Crippen LogP contribution >= 0.6 is 0 Å². The number of aryl methyl sites for hydroxylation is 2. The molecule has 0 fully saturated rings. The number of hydrogen-bond acceptors (Lipinski definition) is 1. The summed E-state index contributed by atoms with van der Waals surface area (Å²) in [6.07, 6.45) is 1.82. The SMILES string of the molecule is CCC#CCC(C)c1cc(C)cc(C)c1OC. The van der Waals surface area contributed by atoms with Crippen LogP contribution in [0, 0.1) is 25.7 Å². The topological polar surface area (TPSA) is 9.23 Å². The van der Waals surface area contributed by atoms with Crippen molar-refractivity contribution in [2.24, 2.45) is 0 Å². The monoisotopic (exact) mass is 230 g/mol. The van der Waals surface area contributed by atoms with Crippen molar-refractivity contribution in [3.05, 3.63) is 28.8 Å². The Balaban J connectivity index is 3.02. The first-order valence-electron chi connectivity index (χ1n) is 6.21. The van der Waals surface area contributed by atoms with Crippen molar-refractivity contribution in [2.75, 3.05) is 7.11 Å². The van der Waals surface area contributed by atoms with Crippen LogP contribution in [0.25, 0.3) is 0 Å². The molecule has 0 saturated heterocycles. The molecule has 0 bridgehead atoms. The Labute approximate surface area is 105 Å². The van der Waals surface area contributed by atoms with E-state index < -0.39 is 0 Å². The highest BCUT2D eigenvalue weighted by Gasteiger charge is 2.13. The largest absolute Gasteiger partial charge is 0.496 e. The molecular formula is C16H22O. The average Bonchev–Trinajstić information content (AvgIpc) is 2.28. The molecule has 0 aliphatic carbocycles. The third-order valence-electron chi connectivity index (χ3n) is 2.89. The van der Waals surface area contributed by atoms with Gasteiger partial charge in [0.2, 0.25) is 0 Å². The highest BCUT2D eigenvalue weighted by molar-refractivity contribution is 5.45. The second-order valence-corrected chi connectivity index (χ2v) is 4.52. The predicted molar refractivity (Wildman–Crippen MR) is 73.6 cm³/mol. The van der Waals surface area contributed by atoms with Gasteiger partial charge in [-0.1, -0.05) is 31.5 Å². The van der Waals surface area contributed by atoms with E-state index in [2.05, 4.69) is 51.7 Å². The van der Waals surface area contributed by atoms with E-state index >= 15 is 0 Å². The van der Waals surface area contributed by atoms with E-state index in [-0.39, 0.29) is 0 Å². The van der Waals surface area contributed by atoms with Gasteiger partial charge in [-0.2, -0.15) is 0 Å². The van der Waals surface area contributed by atoms with Crippen molar-refractivity contribution in [2.45, 2.75) is 46.5 Å². The van der Waals surface area contributed by atoms with Crippen molar-refractivity contribution < 1.29 is 4.74 Å². The summed E-state index contributed by atoms with van der Waals surface area (Å²) in [5.41, 5.74) is 3.77. The summed E-state index contributed by atoms with van der Waals surface area (Å²) in [4.78, 5) is 0. The molecule has 1 nitrogen and oxygen atoms in total. The molecule has 1 heteroatoms. The maximum absolute atomic E-state index is 5.51. The predicted octanol–water partition coefficient (Wildman–Crippen LogP) is 4.22. The van der Waals surface area contributed by atoms with Crippen molar-refractivity contribution >= 4 is 0 Å². The summed E-state index contributed by atoms with van der Waals surface area (Å²) in [6.45, 7) is 8.51. The zero-order valence-corrected chi connectivity index (χ0v) is 11.6. The summed E-state index contributed by atoms with van der Waals surface area (Å²) in [5.74, 6) is 7.78. The van der Waals surface area contributed by atoms with Crippen LogP contribution in [0.5, 0.6) is 5.75 Å². The van der Waals surface area contributed by atoms with Gasteiger partial charge >= 0.3 is 0 Å². The van der Waals surface area contributed by atoms with E-state index in [1.54, 1.807) is 7.11 Å². The van der Waals surface area contributed by atoms with Gasteiger partial charge in [0.25, 0.3) is 0 Å². The normalized spacial score (nSPS) is 11.6. The van der Waals surface area contributed by atoms with Crippen LogP contribution in [0.4, 0.5) is 0 Å². The maximum atomic E-state index is 5.51. The van der Waals surface area contributed by atoms with Gasteiger partial charge in [0.1, 0.15) is 5.75 Å². The minimum Gasteiger partial charge on any atom is -0.496 e. The van der Waals surface area contributed by atoms with Crippen LogP contribution < -0.4 is 4.74 Å². The van der Waals surface area contributed by atoms with Gasteiger partial charge in [-0.05, 0) is 30.9 Å². The fraction of sp³-hybridized carbons (Fsp3) is 0.500. The number of rotatable bonds is 3. The molecule has 0 amide bonds. The van der Waals surface area contributed by atoms with Gasteiger partial charge in [-0.25, -0.2) is 0 Å². The molecule has 1 atom stereocenters. The summed E-state index contributed by atoms with van der Waals surface area (Å²) in [7, 11) is 1.74. The zero-order valence-electron chi connectivity index (χ0n) is 11.6. The van der Waals surface area contributed by atoms with Crippen molar-refractivity contribution in [1.29, 1.82) is 0 Å². The van der Waals surface area contributed by atoms with Crippen molar-refractivity contribution in [3.63, 3.8) is 0 Å². The Morgan fingerprint density at radius 2 is 1.94 bits per heavy atom. The lowest BCUT2D eigenvalue weighted by atomic mass is 9.93. The lowest BCUT2D eigenvalue weighted by Gasteiger charge is -2.16. The number of hydrogen-bond donors (Lipinski definition) is 0. The van der Waals surface area contributed by atoms with Gasteiger partial charge in [0, 0.05) is 12.8 Å². The van der Waals surface area contributed by atoms with Gasteiger partial charge < -0.3 is 4.74 Å². The highest BCUT2D eigenvalue weighted by atomic mass is 16.5. The minimum absolute atomic E-state index is 0.419. The Bertz CT molecular complexity index is 435. The van der Waals surface area contributed by atoms with E-state index in [1.165, 1.54) is 16.7 Å². The molecule has 92 valence electrons. The van der Waals surface area contributed by atoms with Crippen LogP contribution in [0.15, 0.2) is 12.1 Å². The van der Waals surface area contributed by atoms with Gasteiger partial charge in [-0.15, -0.1) is 11.8 Å². The van der Waals surface area contributed by atoms with E-state index in [4.69, 9.17) is 4.74 Å². The molecule has 0 aliphatic rings. The van der Waals surface area contributed by atoms with E-state index in [1.807, 2.05) is 0 Å². The summed E-state index contributed by atoms with van der Waals surface area (Å²) >= 11 is 0. The molecule has 17 heavy (non-hydrogen) atoms. The average molecular weight is 230 g/mol. The summed E-state index contributed by atoms with van der Waals surface area (Å²) in [5, 5.41) is 0. The Kier molecular flexibility index (Phi) is 5.10. The first-order valence-corrected chi connectivity index (χ1v) is 6.21. The molecule has 0 aromatic heterocycles.